The van der Waals surface area contributed by atoms with Crippen LogP contribution in [0.3, 0.4) is 0 Å². The minimum atomic E-state index is -3.27. The van der Waals surface area contributed by atoms with Gasteiger partial charge in [-0.2, -0.15) is 4.73 Å². The average molecular weight is 504 g/mol. The minimum Gasteiger partial charge on any atom is -0.413 e. The number of hydrogen-bond acceptors (Lipinski definition) is 10. The number of nitrogen functional groups attached to an aromatic ring is 1. The summed E-state index contributed by atoms with van der Waals surface area (Å²) in [7, 11) is -5.28. The number of imidazole rings is 1. The number of ether oxygens (including phenoxy) is 1. The standard InChI is InChI=1S/C20H38N5O6PSi/c1-8-28-32(26,29-9-2)15-27-11-10-16(12-30-33(6,7)20(3,4)5)31-25-14-24-17-18(21)22-13-23-19(17)25/h13-14,16H,8-12,15H2,1-7H3,(H2,21,22,23). The highest BCUT2D eigenvalue weighted by Gasteiger charge is 2.38. The number of nitrogens with two attached hydrogens (primary N) is 1. The molecule has 2 aromatic heterocycles. The topological polar surface area (TPSA) is 133 Å². The van der Waals surface area contributed by atoms with E-state index >= 15 is 0 Å². The maximum absolute atomic E-state index is 12.6. The van der Waals surface area contributed by atoms with Crippen LogP contribution >= 0.6 is 7.60 Å². The van der Waals surface area contributed by atoms with Gasteiger partial charge in [-0.15, -0.1) is 0 Å². The Balaban J connectivity index is 2.08. The van der Waals surface area contributed by atoms with Gasteiger partial charge in [-0.1, -0.05) is 20.8 Å². The number of anilines is 1. The van der Waals surface area contributed by atoms with Crippen LogP contribution in [0.1, 0.15) is 41.0 Å². The zero-order chi connectivity index (χ0) is 24.7. The van der Waals surface area contributed by atoms with Crippen molar-refractivity contribution >= 4 is 32.9 Å². The van der Waals surface area contributed by atoms with Gasteiger partial charge in [0.15, 0.2) is 19.7 Å². The molecule has 0 aliphatic heterocycles. The summed E-state index contributed by atoms with van der Waals surface area (Å²) in [6.07, 6.45) is 2.86. The molecule has 0 aromatic carbocycles. The van der Waals surface area contributed by atoms with E-state index in [1.54, 1.807) is 13.8 Å². The molecule has 0 amide bonds. The molecule has 13 heteroatoms. The summed E-state index contributed by atoms with van der Waals surface area (Å²) in [4.78, 5) is 18.6. The van der Waals surface area contributed by atoms with Crippen LogP contribution in [-0.2, 0) is 22.8 Å². The second-order valence-electron chi connectivity index (χ2n) is 9.07. The van der Waals surface area contributed by atoms with Crippen LogP contribution in [0.15, 0.2) is 12.7 Å². The highest BCUT2D eigenvalue weighted by atomic mass is 31.2. The first-order chi connectivity index (χ1) is 15.4. The van der Waals surface area contributed by atoms with Crippen LogP contribution in [0, 0.1) is 0 Å². The Kier molecular flexibility index (Phi) is 9.83. The van der Waals surface area contributed by atoms with Crippen LogP contribution in [0.5, 0.6) is 0 Å². The van der Waals surface area contributed by atoms with Gasteiger partial charge in [-0.05, 0) is 32.0 Å². The molecule has 188 valence electrons. The van der Waals surface area contributed by atoms with Gasteiger partial charge in [0, 0.05) is 6.42 Å². The lowest BCUT2D eigenvalue weighted by atomic mass is 10.2. The molecule has 11 nitrogen and oxygen atoms in total. The van der Waals surface area contributed by atoms with Gasteiger partial charge in [0.25, 0.3) is 0 Å². The molecule has 0 spiro atoms. The average Bonchev–Trinajstić information content (AvgIpc) is 3.13. The highest BCUT2D eigenvalue weighted by Crippen LogP contribution is 2.47. The van der Waals surface area contributed by atoms with Crippen molar-refractivity contribution in [1.82, 2.24) is 19.7 Å². The first-order valence-corrected chi connectivity index (χ1v) is 15.8. The van der Waals surface area contributed by atoms with Gasteiger partial charge in [0.05, 0.1) is 26.4 Å². The lowest BCUT2D eigenvalue weighted by molar-refractivity contribution is -0.00986. The Morgan fingerprint density at radius 3 is 2.42 bits per heavy atom. The zero-order valence-corrected chi connectivity index (χ0v) is 22.6. The number of hydrogen-bond donors (Lipinski definition) is 1. The fourth-order valence-electron chi connectivity index (χ4n) is 2.65. The summed E-state index contributed by atoms with van der Waals surface area (Å²) in [5.74, 6) is 0.280. The van der Waals surface area contributed by atoms with Gasteiger partial charge in [-0.3, -0.25) is 4.57 Å². The maximum atomic E-state index is 12.6. The third-order valence-electron chi connectivity index (χ3n) is 5.52. The molecule has 0 radical (unpaired) electrons. The SMILES string of the molecule is CCOP(=O)(COCCC(CO[Si](C)(C)C(C)(C)C)On1cnc2c(N)ncnc21)OCC. The molecule has 0 aliphatic rings. The zero-order valence-electron chi connectivity index (χ0n) is 20.7. The van der Waals surface area contributed by atoms with Gasteiger partial charge in [0.1, 0.15) is 25.1 Å². The quantitative estimate of drug-likeness (QED) is 0.230. The van der Waals surface area contributed by atoms with E-state index in [4.69, 9.17) is 28.8 Å². The van der Waals surface area contributed by atoms with E-state index in [1.807, 2.05) is 0 Å². The van der Waals surface area contributed by atoms with E-state index in [2.05, 4.69) is 48.8 Å². The van der Waals surface area contributed by atoms with Crippen molar-refractivity contribution in [2.45, 2.75) is 65.3 Å². The molecule has 1 unspecified atom stereocenters. The summed E-state index contributed by atoms with van der Waals surface area (Å²) >= 11 is 0. The monoisotopic (exact) mass is 503 g/mol. The van der Waals surface area contributed by atoms with E-state index < -0.39 is 15.9 Å². The lowest BCUT2D eigenvalue weighted by Crippen LogP contribution is -2.44. The van der Waals surface area contributed by atoms with E-state index in [1.165, 1.54) is 17.4 Å². The molecule has 1 atom stereocenters. The van der Waals surface area contributed by atoms with Crippen molar-refractivity contribution in [2.24, 2.45) is 0 Å². The largest absolute Gasteiger partial charge is 0.413 e. The van der Waals surface area contributed by atoms with Crippen LogP contribution in [0.2, 0.25) is 18.1 Å². The van der Waals surface area contributed by atoms with Crippen molar-refractivity contribution in [3.05, 3.63) is 12.7 Å². The Labute approximate surface area is 196 Å². The molecule has 0 saturated carbocycles. The molecule has 0 saturated heterocycles. The normalized spacial score (nSPS) is 14.0. The Hall–Kier alpha value is -1.56. The van der Waals surface area contributed by atoms with E-state index in [9.17, 15) is 4.57 Å². The minimum absolute atomic E-state index is 0.0546. The summed E-state index contributed by atoms with van der Waals surface area (Å²) < 4.78 is 36.6. The number of nitrogens with zero attached hydrogens (tertiary/aromatic N) is 4. The molecular weight excluding hydrogens is 465 g/mol. The predicted molar refractivity (Wildman–Crippen MR) is 130 cm³/mol. The molecule has 0 aliphatic carbocycles. The number of aromatic nitrogens is 4. The molecule has 2 heterocycles. The van der Waals surface area contributed by atoms with Crippen molar-refractivity contribution in [2.75, 3.05) is 38.5 Å². The second kappa shape index (κ2) is 11.7. The van der Waals surface area contributed by atoms with Gasteiger partial charge in [-0.25, -0.2) is 15.0 Å². The summed E-state index contributed by atoms with van der Waals surface area (Å²) in [5, 5.41) is 0.0546. The van der Waals surface area contributed by atoms with Crippen LogP contribution in [0.4, 0.5) is 5.82 Å². The molecular formula is C20H38N5O6PSi. The Bertz CT molecular complexity index is 925. The Morgan fingerprint density at radius 2 is 1.82 bits per heavy atom. The van der Waals surface area contributed by atoms with Gasteiger partial charge < -0.3 is 28.8 Å². The van der Waals surface area contributed by atoms with Crippen LogP contribution in [-0.4, -0.2) is 66.9 Å². The number of rotatable bonds is 14. The van der Waals surface area contributed by atoms with Gasteiger partial charge in [0.2, 0.25) is 5.65 Å². The predicted octanol–water partition coefficient (Wildman–Crippen LogP) is 3.86. The molecule has 2 N–H and O–H groups in total. The summed E-state index contributed by atoms with van der Waals surface area (Å²) in [6, 6.07) is 0. The first kappa shape index (κ1) is 27.7. The van der Waals surface area contributed by atoms with E-state index in [0.29, 0.717) is 24.2 Å². The van der Waals surface area contributed by atoms with Crippen molar-refractivity contribution in [3.8, 4) is 0 Å². The summed E-state index contributed by atoms with van der Waals surface area (Å²) in [6.45, 7) is 15.6. The van der Waals surface area contributed by atoms with Gasteiger partial charge >= 0.3 is 7.60 Å². The third kappa shape index (κ3) is 7.73. The van der Waals surface area contributed by atoms with Crippen LogP contribution < -0.4 is 10.6 Å². The number of fused-ring (bicyclic) bond motifs is 1. The molecule has 2 rings (SSSR count). The van der Waals surface area contributed by atoms with Crippen molar-refractivity contribution in [1.29, 1.82) is 0 Å². The highest BCUT2D eigenvalue weighted by molar-refractivity contribution is 7.53. The smallest absolute Gasteiger partial charge is 0.356 e. The summed E-state index contributed by atoms with van der Waals surface area (Å²) in [5.41, 5.74) is 6.82. The molecule has 2 aromatic rings. The van der Waals surface area contributed by atoms with E-state index in [0.717, 1.165) is 0 Å². The fraction of sp³-hybridized carbons (Fsp3) is 0.750. The van der Waals surface area contributed by atoms with Crippen molar-refractivity contribution < 1.29 is 27.6 Å². The van der Waals surface area contributed by atoms with Crippen molar-refractivity contribution in [3.63, 3.8) is 0 Å². The first-order valence-electron chi connectivity index (χ1n) is 11.1. The second-order valence-corrected chi connectivity index (χ2v) is 15.9. The lowest BCUT2D eigenvalue weighted by Gasteiger charge is -2.37. The third-order valence-corrected chi connectivity index (χ3v) is 11.8. The molecule has 33 heavy (non-hydrogen) atoms. The van der Waals surface area contributed by atoms with E-state index in [-0.39, 0.29) is 43.1 Å². The molecule has 0 bridgehead atoms. The Morgan fingerprint density at radius 1 is 1.15 bits per heavy atom. The fourth-order valence-corrected chi connectivity index (χ4v) is 5.05. The maximum Gasteiger partial charge on any atom is 0.356 e. The van der Waals surface area contributed by atoms with Crippen LogP contribution in [0.25, 0.3) is 11.2 Å². The molecule has 0 fully saturated rings.